The topological polar surface area (TPSA) is 68.0 Å². The third-order valence-electron chi connectivity index (χ3n) is 2.94. The van der Waals surface area contributed by atoms with Crippen molar-refractivity contribution in [1.82, 2.24) is 15.5 Å². The fourth-order valence-electron chi connectivity index (χ4n) is 1.82. The molecule has 1 unspecified atom stereocenters. The molecule has 7 heteroatoms. The number of rotatable bonds is 7. The molecule has 2 aromatic rings. The van der Waals surface area contributed by atoms with Gasteiger partial charge in [-0.1, -0.05) is 16.8 Å². The van der Waals surface area contributed by atoms with E-state index in [9.17, 15) is 4.79 Å². The zero-order valence-corrected chi connectivity index (χ0v) is 14.1. The highest BCUT2D eigenvalue weighted by atomic mass is 35.5. The molecule has 22 heavy (non-hydrogen) atoms. The molecule has 1 amide bonds. The van der Waals surface area contributed by atoms with Gasteiger partial charge in [0.15, 0.2) is 5.82 Å². The Morgan fingerprint density at radius 1 is 1.41 bits per heavy atom. The van der Waals surface area contributed by atoms with Crippen molar-refractivity contribution in [3.8, 4) is 0 Å². The van der Waals surface area contributed by atoms with Gasteiger partial charge in [0.05, 0.1) is 6.04 Å². The van der Waals surface area contributed by atoms with E-state index >= 15 is 0 Å². The van der Waals surface area contributed by atoms with Crippen molar-refractivity contribution in [1.29, 1.82) is 0 Å². The molecule has 1 heterocycles. The summed E-state index contributed by atoms with van der Waals surface area (Å²) in [6, 6.07) is 7.45. The second-order valence-electron chi connectivity index (χ2n) is 4.87. The van der Waals surface area contributed by atoms with Crippen LogP contribution in [0.4, 0.5) is 0 Å². The summed E-state index contributed by atoms with van der Waals surface area (Å²) in [6.45, 7) is 3.56. The van der Waals surface area contributed by atoms with Gasteiger partial charge >= 0.3 is 0 Å². The lowest BCUT2D eigenvalue weighted by molar-refractivity contribution is -0.121. The van der Waals surface area contributed by atoms with E-state index in [4.69, 9.17) is 16.1 Å². The van der Waals surface area contributed by atoms with Crippen molar-refractivity contribution in [2.45, 2.75) is 37.6 Å². The molecule has 0 saturated heterocycles. The number of nitrogens with zero attached hydrogens (tertiary/aromatic N) is 2. The highest BCUT2D eigenvalue weighted by Crippen LogP contribution is 2.21. The van der Waals surface area contributed by atoms with E-state index < -0.39 is 0 Å². The van der Waals surface area contributed by atoms with Gasteiger partial charge in [0, 0.05) is 23.3 Å². The summed E-state index contributed by atoms with van der Waals surface area (Å²) in [6.07, 6.45) is 1.28. The fraction of sp³-hybridized carbons (Fsp3) is 0.400. The number of halogens is 1. The maximum atomic E-state index is 11.9. The number of aryl methyl sites for hydroxylation is 1. The van der Waals surface area contributed by atoms with Gasteiger partial charge in [-0.3, -0.25) is 4.79 Å². The van der Waals surface area contributed by atoms with Gasteiger partial charge in [-0.2, -0.15) is 4.98 Å². The second kappa shape index (κ2) is 8.19. The molecule has 1 atom stereocenters. The summed E-state index contributed by atoms with van der Waals surface area (Å²) >= 11 is 7.55. The van der Waals surface area contributed by atoms with Crippen molar-refractivity contribution < 1.29 is 9.32 Å². The van der Waals surface area contributed by atoms with Crippen LogP contribution in [0.25, 0.3) is 0 Å². The van der Waals surface area contributed by atoms with Crippen molar-refractivity contribution >= 4 is 29.3 Å². The molecule has 1 N–H and O–H groups in total. The van der Waals surface area contributed by atoms with Gasteiger partial charge in [0.2, 0.25) is 11.8 Å². The molecule has 0 bridgehead atoms. The van der Waals surface area contributed by atoms with Gasteiger partial charge in [-0.25, -0.2) is 0 Å². The molecule has 0 spiro atoms. The average Bonchev–Trinajstić information content (AvgIpc) is 2.92. The van der Waals surface area contributed by atoms with Gasteiger partial charge in [0.25, 0.3) is 0 Å². The molecular weight excluding hydrogens is 322 g/mol. The molecule has 0 radical (unpaired) electrons. The molecule has 118 valence electrons. The highest BCUT2D eigenvalue weighted by Gasteiger charge is 2.14. The first-order chi connectivity index (χ1) is 10.5. The van der Waals surface area contributed by atoms with Crippen LogP contribution in [0.15, 0.2) is 33.7 Å². The third kappa shape index (κ3) is 5.35. The normalized spacial score (nSPS) is 12.1. The Morgan fingerprint density at radius 2 is 2.14 bits per heavy atom. The summed E-state index contributed by atoms with van der Waals surface area (Å²) in [4.78, 5) is 17.1. The van der Waals surface area contributed by atoms with Gasteiger partial charge in [-0.15, -0.1) is 11.8 Å². The predicted octanol–water partition coefficient (Wildman–Crippen LogP) is 3.78. The number of carbonyl (C=O) groups is 1. The van der Waals surface area contributed by atoms with E-state index in [2.05, 4.69) is 15.5 Å². The van der Waals surface area contributed by atoms with Crippen LogP contribution >= 0.6 is 23.4 Å². The number of nitrogens with one attached hydrogen (secondary N) is 1. The maximum absolute atomic E-state index is 11.9. The summed E-state index contributed by atoms with van der Waals surface area (Å²) in [7, 11) is 0. The number of benzene rings is 1. The summed E-state index contributed by atoms with van der Waals surface area (Å²) in [5, 5.41) is 7.39. The number of thioether (sulfide) groups is 1. The van der Waals surface area contributed by atoms with E-state index in [-0.39, 0.29) is 11.9 Å². The van der Waals surface area contributed by atoms with Crippen LogP contribution in [0.5, 0.6) is 0 Å². The Morgan fingerprint density at radius 3 is 2.77 bits per heavy atom. The van der Waals surface area contributed by atoms with Crippen molar-refractivity contribution in [3.63, 3.8) is 0 Å². The first-order valence-corrected chi connectivity index (χ1v) is 8.39. The van der Waals surface area contributed by atoms with Crippen LogP contribution < -0.4 is 5.32 Å². The smallest absolute Gasteiger partial charge is 0.223 e. The summed E-state index contributed by atoms with van der Waals surface area (Å²) < 4.78 is 4.90. The Bertz CT molecular complexity index is 616. The predicted molar refractivity (Wildman–Crippen MR) is 87.0 cm³/mol. The van der Waals surface area contributed by atoms with Crippen LogP contribution in [0, 0.1) is 6.92 Å². The lowest BCUT2D eigenvalue weighted by atomic mass is 10.2. The van der Waals surface area contributed by atoms with E-state index in [0.717, 1.165) is 22.1 Å². The molecule has 0 aliphatic heterocycles. The first kappa shape index (κ1) is 16.8. The standard InChI is InChI=1S/C15H18ClN3O2S/c1-10(15-18-11(2)21-19-15)17-14(20)4-3-9-22-13-7-5-12(16)6-8-13/h5-8,10H,3-4,9H2,1-2H3,(H,17,20). The van der Waals surface area contributed by atoms with Crippen LogP contribution in [0.3, 0.4) is 0 Å². The van der Waals surface area contributed by atoms with Crippen LogP contribution in [-0.2, 0) is 4.79 Å². The average molecular weight is 340 g/mol. The quantitative estimate of drug-likeness (QED) is 0.614. The molecule has 0 saturated carbocycles. The molecule has 0 aliphatic carbocycles. The SMILES string of the molecule is Cc1nc(C(C)NC(=O)CCCSc2ccc(Cl)cc2)no1. The van der Waals surface area contributed by atoms with E-state index in [1.165, 1.54) is 0 Å². The zero-order chi connectivity index (χ0) is 15.9. The molecular formula is C15H18ClN3O2S. The van der Waals surface area contributed by atoms with Gasteiger partial charge in [0.1, 0.15) is 0 Å². The lowest BCUT2D eigenvalue weighted by Crippen LogP contribution is -2.27. The number of hydrogen-bond donors (Lipinski definition) is 1. The summed E-state index contributed by atoms with van der Waals surface area (Å²) in [5.74, 6) is 1.87. The maximum Gasteiger partial charge on any atom is 0.223 e. The lowest BCUT2D eigenvalue weighted by Gasteiger charge is -2.09. The van der Waals surface area contributed by atoms with Crippen molar-refractivity contribution in [2.75, 3.05) is 5.75 Å². The third-order valence-corrected chi connectivity index (χ3v) is 4.29. The Balaban J connectivity index is 1.66. The van der Waals surface area contributed by atoms with E-state index in [1.807, 2.05) is 31.2 Å². The largest absolute Gasteiger partial charge is 0.346 e. The fourth-order valence-corrected chi connectivity index (χ4v) is 2.80. The summed E-state index contributed by atoms with van der Waals surface area (Å²) in [5.41, 5.74) is 0. The minimum Gasteiger partial charge on any atom is -0.346 e. The number of hydrogen-bond acceptors (Lipinski definition) is 5. The minimum atomic E-state index is -0.242. The van der Waals surface area contributed by atoms with Crippen molar-refractivity contribution in [3.05, 3.63) is 41.0 Å². The molecule has 5 nitrogen and oxygen atoms in total. The second-order valence-corrected chi connectivity index (χ2v) is 6.47. The monoisotopic (exact) mass is 339 g/mol. The van der Waals surface area contributed by atoms with Crippen LogP contribution in [0.2, 0.25) is 5.02 Å². The number of amides is 1. The molecule has 1 aromatic heterocycles. The molecule has 2 rings (SSSR count). The molecule has 1 aromatic carbocycles. The molecule has 0 aliphatic rings. The van der Waals surface area contributed by atoms with E-state index in [1.54, 1.807) is 18.7 Å². The van der Waals surface area contributed by atoms with E-state index in [0.29, 0.717) is 18.1 Å². The minimum absolute atomic E-state index is 0.00772. The highest BCUT2D eigenvalue weighted by molar-refractivity contribution is 7.99. The van der Waals surface area contributed by atoms with Crippen molar-refractivity contribution in [2.24, 2.45) is 0 Å². The van der Waals surface area contributed by atoms with Crippen LogP contribution in [-0.4, -0.2) is 21.8 Å². The molecule has 0 fully saturated rings. The number of carbonyl (C=O) groups excluding carboxylic acids is 1. The Labute approximate surface area is 138 Å². The van der Waals surface area contributed by atoms with Gasteiger partial charge in [-0.05, 0) is 43.4 Å². The van der Waals surface area contributed by atoms with Crippen LogP contribution in [0.1, 0.15) is 37.5 Å². The Hall–Kier alpha value is -1.53. The Kier molecular flexibility index (Phi) is 6.27. The van der Waals surface area contributed by atoms with Gasteiger partial charge < -0.3 is 9.84 Å². The number of aromatic nitrogens is 2. The first-order valence-electron chi connectivity index (χ1n) is 7.02. The zero-order valence-electron chi connectivity index (χ0n) is 12.5.